The molecular weight excluding hydrogens is 548 g/mol. The van der Waals surface area contributed by atoms with Crippen LogP contribution in [0.1, 0.15) is 45.4 Å². The lowest BCUT2D eigenvalue weighted by molar-refractivity contribution is 0.0147. The number of benzene rings is 5. The lowest BCUT2D eigenvalue weighted by atomic mass is 9.80. The molecule has 5 aromatic carbocycles. The Hall–Kier alpha value is -3.86. The number of halogens is 1. The first-order valence-corrected chi connectivity index (χ1v) is 14.0. The van der Waals surface area contributed by atoms with E-state index < -0.39 is 0 Å². The van der Waals surface area contributed by atoms with Gasteiger partial charge in [0.1, 0.15) is 24.7 Å². The lowest BCUT2D eigenvalue weighted by Crippen LogP contribution is -2.22. The summed E-state index contributed by atoms with van der Waals surface area (Å²) in [4.78, 5) is 0. The summed E-state index contributed by atoms with van der Waals surface area (Å²) < 4.78 is 19.8. The van der Waals surface area contributed by atoms with E-state index in [9.17, 15) is 0 Å². The molecule has 5 aromatic rings. The summed E-state index contributed by atoms with van der Waals surface area (Å²) in [5.41, 5.74) is 7.07. The molecule has 4 heteroatoms. The fourth-order valence-corrected chi connectivity index (χ4v) is 5.35. The van der Waals surface area contributed by atoms with E-state index >= 15 is 0 Å². The van der Waals surface area contributed by atoms with Crippen LogP contribution in [-0.4, -0.2) is 0 Å². The topological polar surface area (TPSA) is 27.7 Å². The van der Waals surface area contributed by atoms with Gasteiger partial charge in [-0.2, -0.15) is 0 Å². The minimum Gasteiger partial charge on any atom is -0.489 e. The first kappa shape index (κ1) is 25.4. The van der Waals surface area contributed by atoms with Crippen LogP contribution in [0.2, 0.25) is 0 Å². The molecule has 0 aromatic heterocycles. The molecule has 0 spiro atoms. The first-order chi connectivity index (χ1) is 19.2. The Morgan fingerprint density at radius 2 is 1.18 bits per heavy atom. The fourth-order valence-electron chi connectivity index (χ4n) is 5.09. The number of fused-ring (bicyclic) bond motifs is 1. The van der Waals surface area contributed by atoms with Gasteiger partial charge >= 0.3 is 0 Å². The number of rotatable bonds is 8. The van der Waals surface area contributed by atoms with Crippen LogP contribution in [0.5, 0.6) is 11.5 Å². The fraction of sp³-hybridized carbons (Fsp3) is 0.143. The van der Waals surface area contributed by atoms with Crippen molar-refractivity contribution >= 4 is 15.9 Å². The van der Waals surface area contributed by atoms with Gasteiger partial charge in [-0.05, 0) is 69.8 Å². The van der Waals surface area contributed by atoms with Crippen LogP contribution in [0.4, 0.5) is 0 Å². The van der Waals surface area contributed by atoms with E-state index in [4.69, 9.17) is 14.2 Å². The standard InChI is InChI=1S/C35H29BrO3/c36-30-15-11-27(12-16-30)34-33-20-19-32(38-23-26-9-5-2-6-10-26)21-29(33)24-39-35(34)28-13-17-31(18-14-28)37-22-25-7-3-1-4-8-25/h1-21,34-35H,22-24H2. The highest BCUT2D eigenvalue weighted by Crippen LogP contribution is 2.46. The van der Waals surface area contributed by atoms with Gasteiger partial charge in [-0.3, -0.25) is 0 Å². The summed E-state index contributed by atoms with van der Waals surface area (Å²) in [6.45, 7) is 1.61. The van der Waals surface area contributed by atoms with E-state index in [2.05, 4.69) is 94.8 Å². The zero-order valence-corrected chi connectivity index (χ0v) is 23.1. The number of ether oxygens (including phenoxy) is 3. The Balaban J connectivity index is 1.25. The highest BCUT2D eigenvalue weighted by molar-refractivity contribution is 9.10. The minimum atomic E-state index is -0.113. The van der Waals surface area contributed by atoms with Crippen LogP contribution < -0.4 is 9.47 Å². The molecule has 0 bridgehead atoms. The monoisotopic (exact) mass is 576 g/mol. The van der Waals surface area contributed by atoms with Crippen molar-refractivity contribution in [2.75, 3.05) is 0 Å². The lowest BCUT2D eigenvalue weighted by Gasteiger charge is -2.35. The molecular formula is C35H29BrO3. The first-order valence-electron chi connectivity index (χ1n) is 13.2. The van der Waals surface area contributed by atoms with Crippen molar-refractivity contribution in [2.45, 2.75) is 31.8 Å². The average Bonchev–Trinajstić information content (AvgIpc) is 3.00. The van der Waals surface area contributed by atoms with E-state index in [0.717, 1.165) is 38.2 Å². The maximum absolute atomic E-state index is 6.57. The molecule has 0 saturated carbocycles. The van der Waals surface area contributed by atoms with Gasteiger partial charge in [0.15, 0.2) is 0 Å². The molecule has 6 rings (SSSR count). The molecule has 194 valence electrons. The zero-order chi connectivity index (χ0) is 26.4. The molecule has 2 atom stereocenters. The second-order valence-corrected chi connectivity index (χ2v) is 10.7. The molecule has 0 saturated heterocycles. The van der Waals surface area contributed by atoms with Crippen molar-refractivity contribution in [1.82, 2.24) is 0 Å². The van der Waals surface area contributed by atoms with Crippen molar-refractivity contribution in [3.63, 3.8) is 0 Å². The predicted molar refractivity (Wildman–Crippen MR) is 158 cm³/mol. The van der Waals surface area contributed by atoms with E-state index in [-0.39, 0.29) is 12.0 Å². The molecule has 1 heterocycles. The Bertz CT molecular complexity index is 1500. The molecule has 0 N–H and O–H groups in total. The van der Waals surface area contributed by atoms with Gasteiger partial charge in [-0.1, -0.05) is 107 Å². The molecule has 0 aliphatic carbocycles. The van der Waals surface area contributed by atoms with Gasteiger partial charge in [-0.25, -0.2) is 0 Å². The third-order valence-corrected chi connectivity index (χ3v) is 7.63. The Morgan fingerprint density at radius 3 is 1.82 bits per heavy atom. The molecule has 39 heavy (non-hydrogen) atoms. The zero-order valence-electron chi connectivity index (χ0n) is 21.5. The molecule has 1 aliphatic heterocycles. The highest BCUT2D eigenvalue weighted by atomic mass is 79.9. The average molecular weight is 578 g/mol. The van der Waals surface area contributed by atoms with Crippen molar-refractivity contribution in [3.8, 4) is 11.5 Å². The molecule has 0 fully saturated rings. The van der Waals surface area contributed by atoms with Crippen LogP contribution in [0.3, 0.4) is 0 Å². The van der Waals surface area contributed by atoms with E-state index in [1.54, 1.807) is 0 Å². The third kappa shape index (κ3) is 6.08. The van der Waals surface area contributed by atoms with Crippen molar-refractivity contribution in [1.29, 1.82) is 0 Å². The van der Waals surface area contributed by atoms with E-state index in [0.29, 0.717) is 19.8 Å². The smallest absolute Gasteiger partial charge is 0.120 e. The largest absolute Gasteiger partial charge is 0.489 e. The van der Waals surface area contributed by atoms with Crippen LogP contribution in [0, 0.1) is 0 Å². The Kier molecular flexibility index (Phi) is 7.75. The van der Waals surface area contributed by atoms with Crippen LogP contribution in [-0.2, 0) is 24.6 Å². The summed E-state index contributed by atoms with van der Waals surface area (Å²) in [6.07, 6.45) is -0.113. The SMILES string of the molecule is Brc1ccc(C2c3ccc(OCc4ccccc4)cc3COC2c2ccc(OCc3ccccc3)cc2)cc1. The maximum Gasteiger partial charge on any atom is 0.120 e. The van der Waals surface area contributed by atoms with E-state index in [1.807, 2.05) is 48.5 Å². The van der Waals surface area contributed by atoms with Gasteiger partial charge in [0.25, 0.3) is 0 Å². The quantitative estimate of drug-likeness (QED) is 0.184. The summed E-state index contributed by atoms with van der Waals surface area (Å²) in [5.74, 6) is 1.76. The van der Waals surface area contributed by atoms with Crippen LogP contribution in [0.15, 0.2) is 132 Å². The van der Waals surface area contributed by atoms with Gasteiger partial charge in [-0.15, -0.1) is 0 Å². The summed E-state index contributed by atoms with van der Waals surface area (Å²) >= 11 is 3.59. The molecule has 2 unspecified atom stereocenters. The summed E-state index contributed by atoms with van der Waals surface area (Å²) in [7, 11) is 0. The third-order valence-electron chi connectivity index (χ3n) is 7.11. The highest BCUT2D eigenvalue weighted by Gasteiger charge is 2.33. The van der Waals surface area contributed by atoms with Crippen LogP contribution in [0.25, 0.3) is 0 Å². The second kappa shape index (κ2) is 11.9. The van der Waals surface area contributed by atoms with Crippen LogP contribution >= 0.6 is 15.9 Å². The molecule has 3 nitrogen and oxygen atoms in total. The predicted octanol–water partition coefficient (Wildman–Crippen LogP) is 9.01. The van der Waals surface area contributed by atoms with Gasteiger partial charge in [0.05, 0.1) is 12.7 Å². The number of hydrogen-bond acceptors (Lipinski definition) is 3. The van der Waals surface area contributed by atoms with Gasteiger partial charge in [0.2, 0.25) is 0 Å². The molecule has 0 radical (unpaired) electrons. The van der Waals surface area contributed by atoms with Crippen molar-refractivity contribution in [3.05, 3.63) is 165 Å². The van der Waals surface area contributed by atoms with Gasteiger partial charge in [0, 0.05) is 10.4 Å². The summed E-state index contributed by atoms with van der Waals surface area (Å²) in [6, 6.07) is 43.7. The minimum absolute atomic E-state index is 0.0566. The van der Waals surface area contributed by atoms with Crippen molar-refractivity contribution < 1.29 is 14.2 Å². The Morgan fingerprint density at radius 1 is 0.615 bits per heavy atom. The summed E-state index contributed by atoms with van der Waals surface area (Å²) in [5, 5.41) is 0. The maximum atomic E-state index is 6.57. The Labute approximate surface area is 238 Å². The van der Waals surface area contributed by atoms with Crippen molar-refractivity contribution in [2.24, 2.45) is 0 Å². The molecule has 0 amide bonds. The number of hydrogen-bond donors (Lipinski definition) is 0. The molecule has 1 aliphatic rings. The second-order valence-electron chi connectivity index (χ2n) is 9.74. The normalized spacial score (nSPS) is 16.3. The van der Waals surface area contributed by atoms with E-state index in [1.165, 1.54) is 11.1 Å². The van der Waals surface area contributed by atoms with Gasteiger partial charge < -0.3 is 14.2 Å².